The van der Waals surface area contributed by atoms with Crippen molar-refractivity contribution in [1.29, 1.82) is 0 Å². The van der Waals surface area contributed by atoms with Crippen LogP contribution in [0.3, 0.4) is 0 Å². The van der Waals surface area contributed by atoms with Crippen LogP contribution in [0.15, 0.2) is 22.0 Å². The Morgan fingerprint density at radius 3 is 2.85 bits per heavy atom. The number of rotatable bonds is 1. The van der Waals surface area contributed by atoms with E-state index < -0.39 is 5.50 Å². The van der Waals surface area contributed by atoms with Gasteiger partial charge in [-0.25, -0.2) is 0 Å². The third-order valence-corrected chi connectivity index (χ3v) is 2.58. The van der Waals surface area contributed by atoms with Crippen molar-refractivity contribution >= 4 is 17.4 Å². The molecule has 0 amide bonds. The normalized spacial score (nSPS) is 30.2. The van der Waals surface area contributed by atoms with Crippen LogP contribution < -0.4 is 0 Å². The highest BCUT2D eigenvalue weighted by molar-refractivity contribution is 6.32. The fourth-order valence-corrected chi connectivity index (χ4v) is 1.61. The second-order valence-corrected chi connectivity index (χ2v) is 3.85. The molecule has 2 aliphatic rings. The van der Waals surface area contributed by atoms with Crippen molar-refractivity contribution in [1.82, 2.24) is 4.90 Å². The third kappa shape index (κ3) is 1.64. The Morgan fingerprint density at radius 2 is 2.31 bits per heavy atom. The second-order valence-electron chi connectivity index (χ2n) is 3.44. The molecule has 0 N–H and O–H groups in total. The third-order valence-electron chi connectivity index (χ3n) is 2.28. The van der Waals surface area contributed by atoms with Gasteiger partial charge in [-0.05, 0) is 7.05 Å². The minimum atomic E-state index is -0.804. The van der Waals surface area contributed by atoms with Crippen molar-refractivity contribution in [2.75, 3.05) is 20.1 Å². The molecule has 1 saturated heterocycles. The first-order chi connectivity index (χ1) is 6.16. The maximum absolute atomic E-state index is 11.2. The molecule has 0 radical (unpaired) electrons. The van der Waals surface area contributed by atoms with E-state index in [1.165, 1.54) is 6.08 Å². The van der Waals surface area contributed by atoms with Crippen LogP contribution in [0.25, 0.3) is 0 Å². The molecule has 13 heavy (non-hydrogen) atoms. The van der Waals surface area contributed by atoms with Gasteiger partial charge in [-0.15, -0.1) is 0 Å². The molecule has 0 aromatic heterocycles. The quantitative estimate of drug-likeness (QED) is 0.468. The first kappa shape index (κ1) is 8.84. The summed E-state index contributed by atoms with van der Waals surface area (Å²) in [6.45, 7) is 1.90. The van der Waals surface area contributed by atoms with Crippen molar-refractivity contribution < 1.29 is 4.79 Å². The Morgan fingerprint density at radius 1 is 1.62 bits per heavy atom. The molecule has 0 aromatic carbocycles. The lowest BCUT2D eigenvalue weighted by Gasteiger charge is -2.36. The van der Waals surface area contributed by atoms with Crippen LogP contribution in [-0.2, 0) is 4.79 Å². The molecule has 1 atom stereocenters. The van der Waals surface area contributed by atoms with Gasteiger partial charge in [0.25, 0.3) is 0 Å². The van der Waals surface area contributed by atoms with Gasteiger partial charge in [0.1, 0.15) is 0 Å². The summed E-state index contributed by atoms with van der Waals surface area (Å²) in [5.74, 6) is 0.211. The monoisotopic (exact) mass is 199 g/mol. The number of ketones is 1. The standard InChI is InChI=1S/C8H10ClN3O/c1-12-3-5(4-12)6-2-7(13)8(9)11-10-6/h2,5,8H,3-4H2,1H3. The van der Waals surface area contributed by atoms with E-state index in [-0.39, 0.29) is 5.78 Å². The van der Waals surface area contributed by atoms with Gasteiger partial charge in [0.2, 0.25) is 5.50 Å². The van der Waals surface area contributed by atoms with Gasteiger partial charge < -0.3 is 4.90 Å². The van der Waals surface area contributed by atoms with E-state index in [0.29, 0.717) is 5.92 Å². The SMILES string of the molecule is CN1CC(C2=CC(=O)C(Cl)N=N2)C1. The van der Waals surface area contributed by atoms with Crippen LogP contribution in [0.1, 0.15) is 0 Å². The second kappa shape index (κ2) is 3.20. The van der Waals surface area contributed by atoms with Crippen molar-refractivity contribution in [3.8, 4) is 0 Å². The molecule has 0 spiro atoms. The highest BCUT2D eigenvalue weighted by atomic mass is 35.5. The Labute approximate surface area is 81.3 Å². The lowest BCUT2D eigenvalue weighted by Crippen LogP contribution is -2.44. The molecule has 0 saturated carbocycles. The Bertz CT molecular complexity index is 294. The maximum atomic E-state index is 11.2. The molecule has 0 aliphatic carbocycles. The molecular formula is C8H10ClN3O. The number of hydrogen-bond acceptors (Lipinski definition) is 4. The van der Waals surface area contributed by atoms with Gasteiger partial charge in [-0.1, -0.05) is 11.6 Å². The van der Waals surface area contributed by atoms with E-state index in [9.17, 15) is 4.79 Å². The molecule has 1 unspecified atom stereocenters. The van der Waals surface area contributed by atoms with Crippen LogP contribution in [0.4, 0.5) is 0 Å². The smallest absolute Gasteiger partial charge is 0.206 e. The van der Waals surface area contributed by atoms with E-state index in [1.54, 1.807) is 0 Å². The van der Waals surface area contributed by atoms with Gasteiger partial charge in [0.15, 0.2) is 5.78 Å². The highest BCUT2D eigenvalue weighted by Gasteiger charge is 2.30. The number of nitrogens with zero attached hydrogens (tertiary/aromatic N) is 3. The summed E-state index contributed by atoms with van der Waals surface area (Å²) in [6.07, 6.45) is 1.52. The molecule has 2 rings (SSSR count). The van der Waals surface area contributed by atoms with Gasteiger partial charge in [0, 0.05) is 25.1 Å². The van der Waals surface area contributed by atoms with Crippen LogP contribution in [-0.4, -0.2) is 36.3 Å². The number of likely N-dealkylation sites (tertiary alicyclic amines) is 1. The topological polar surface area (TPSA) is 45.0 Å². The Balaban J connectivity index is 2.05. The first-order valence-corrected chi connectivity index (χ1v) is 4.59. The van der Waals surface area contributed by atoms with Crippen molar-refractivity contribution in [3.05, 3.63) is 11.8 Å². The van der Waals surface area contributed by atoms with Crippen molar-refractivity contribution in [3.63, 3.8) is 0 Å². The van der Waals surface area contributed by atoms with Gasteiger partial charge in [-0.3, -0.25) is 4.79 Å². The fraction of sp³-hybridized carbons (Fsp3) is 0.625. The van der Waals surface area contributed by atoms with Crippen LogP contribution in [0.5, 0.6) is 0 Å². The van der Waals surface area contributed by atoms with E-state index in [4.69, 9.17) is 11.6 Å². The summed E-state index contributed by atoms with van der Waals surface area (Å²) in [5, 5.41) is 7.60. The fourth-order valence-electron chi connectivity index (χ4n) is 1.50. The minimum Gasteiger partial charge on any atom is -0.305 e. The predicted molar refractivity (Wildman–Crippen MR) is 48.6 cm³/mol. The number of azo groups is 1. The van der Waals surface area contributed by atoms with Crippen molar-refractivity contribution in [2.45, 2.75) is 5.50 Å². The number of carbonyl (C=O) groups is 1. The lowest BCUT2D eigenvalue weighted by molar-refractivity contribution is -0.114. The molecule has 4 nitrogen and oxygen atoms in total. The summed E-state index contributed by atoms with van der Waals surface area (Å²) >= 11 is 5.56. The van der Waals surface area contributed by atoms with Crippen LogP contribution in [0, 0.1) is 5.92 Å². The molecule has 70 valence electrons. The predicted octanol–water partition coefficient (Wildman–Crippen LogP) is 1.03. The molecule has 0 aromatic rings. The molecule has 2 aliphatic heterocycles. The van der Waals surface area contributed by atoms with Crippen LogP contribution in [0.2, 0.25) is 0 Å². The molecule has 0 bridgehead atoms. The number of hydrogen-bond donors (Lipinski definition) is 0. The number of carbonyl (C=O) groups excluding carboxylic acids is 1. The zero-order chi connectivity index (χ0) is 9.42. The Hall–Kier alpha value is -0.740. The number of halogens is 1. The maximum Gasteiger partial charge on any atom is 0.206 e. The molecule has 1 fully saturated rings. The average Bonchev–Trinajstić information content (AvgIpc) is 2.05. The largest absolute Gasteiger partial charge is 0.305 e. The zero-order valence-electron chi connectivity index (χ0n) is 7.27. The zero-order valence-corrected chi connectivity index (χ0v) is 8.03. The summed E-state index contributed by atoms with van der Waals surface area (Å²) in [5.41, 5.74) is -0.0263. The van der Waals surface area contributed by atoms with Crippen molar-refractivity contribution in [2.24, 2.45) is 16.1 Å². The highest BCUT2D eigenvalue weighted by Crippen LogP contribution is 2.26. The van der Waals surface area contributed by atoms with Gasteiger partial charge >= 0.3 is 0 Å². The summed E-state index contributed by atoms with van der Waals surface area (Å²) in [7, 11) is 2.03. The Kier molecular flexibility index (Phi) is 2.17. The molecular weight excluding hydrogens is 190 g/mol. The van der Waals surface area contributed by atoms with Gasteiger partial charge in [0.05, 0.1) is 5.70 Å². The summed E-state index contributed by atoms with van der Waals surface area (Å²) in [4.78, 5) is 13.3. The summed E-state index contributed by atoms with van der Waals surface area (Å²) < 4.78 is 0. The van der Waals surface area contributed by atoms with E-state index in [1.807, 2.05) is 7.05 Å². The molecule has 2 heterocycles. The first-order valence-electron chi connectivity index (χ1n) is 4.16. The van der Waals surface area contributed by atoms with E-state index in [2.05, 4.69) is 15.1 Å². The minimum absolute atomic E-state index is 0.152. The summed E-state index contributed by atoms with van der Waals surface area (Å²) in [6, 6.07) is 0. The average molecular weight is 200 g/mol. The lowest BCUT2D eigenvalue weighted by atomic mass is 9.96. The van der Waals surface area contributed by atoms with Gasteiger partial charge in [-0.2, -0.15) is 10.2 Å². The van der Waals surface area contributed by atoms with E-state index in [0.717, 1.165) is 18.8 Å². The number of alkyl halides is 1. The molecule has 5 heteroatoms. The van der Waals surface area contributed by atoms with Crippen LogP contribution >= 0.6 is 11.6 Å². The van der Waals surface area contributed by atoms with E-state index >= 15 is 0 Å².